The molecule has 0 atom stereocenters. The highest BCUT2D eigenvalue weighted by Crippen LogP contribution is 2.28. The molecule has 0 fully saturated rings. The van der Waals surface area contributed by atoms with E-state index in [4.69, 9.17) is 17.3 Å². The molecule has 4 nitrogen and oxygen atoms in total. The molecule has 0 saturated carbocycles. The summed E-state index contributed by atoms with van der Waals surface area (Å²) in [6, 6.07) is 3.23. The van der Waals surface area contributed by atoms with Crippen LogP contribution in [0.1, 0.15) is 24.5 Å². The molecule has 2 N–H and O–H groups in total. The molecule has 0 aromatic heterocycles. The van der Waals surface area contributed by atoms with Gasteiger partial charge in [-0.05, 0) is 43.5 Å². The van der Waals surface area contributed by atoms with Gasteiger partial charge in [-0.2, -0.15) is 4.31 Å². The summed E-state index contributed by atoms with van der Waals surface area (Å²) in [7, 11) is -3.53. The van der Waals surface area contributed by atoms with E-state index in [0.29, 0.717) is 23.7 Å². The van der Waals surface area contributed by atoms with Crippen LogP contribution < -0.4 is 5.73 Å². The van der Waals surface area contributed by atoms with Crippen LogP contribution in [0, 0.1) is 6.92 Å². The van der Waals surface area contributed by atoms with Gasteiger partial charge >= 0.3 is 0 Å². The van der Waals surface area contributed by atoms with E-state index in [2.05, 4.69) is 6.08 Å². The molecule has 6 heteroatoms. The lowest BCUT2D eigenvalue weighted by atomic mass is 10.1. The fraction of sp³-hybridized carbons (Fsp3) is 0.429. The smallest absolute Gasteiger partial charge is 0.243 e. The van der Waals surface area contributed by atoms with Gasteiger partial charge in [-0.15, -0.1) is 0 Å². The molecule has 0 spiro atoms. The van der Waals surface area contributed by atoms with Gasteiger partial charge in [-0.3, -0.25) is 0 Å². The Morgan fingerprint density at radius 3 is 2.65 bits per heavy atom. The maximum atomic E-state index is 12.8. The zero-order chi connectivity index (χ0) is 14.9. The Balaban J connectivity index is 2.50. The standard InChI is InChI=1S/C14H19ClN2O2S/c1-10-4-3-5-17(9-10)20(18,19)14-7-13(15)6-12(8-16)11(14)2/h4,6-7H,3,5,8-9,16H2,1-2H3. The van der Waals surface area contributed by atoms with Crippen molar-refractivity contribution < 1.29 is 8.42 Å². The first-order valence-corrected chi connectivity index (χ1v) is 8.33. The fourth-order valence-corrected chi connectivity index (χ4v) is 4.51. The number of hydrogen-bond acceptors (Lipinski definition) is 3. The number of halogens is 1. The Kier molecular flexibility index (Phi) is 4.54. The first-order valence-electron chi connectivity index (χ1n) is 6.51. The Morgan fingerprint density at radius 2 is 2.05 bits per heavy atom. The summed E-state index contributed by atoms with van der Waals surface area (Å²) in [6.45, 7) is 4.93. The third kappa shape index (κ3) is 2.91. The summed E-state index contributed by atoms with van der Waals surface area (Å²) in [5, 5.41) is 0.402. The lowest BCUT2D eigenvalue weighted by Crippen LogP contribution is -2.35. The first kappa shape index (κ1) is 15.5. The second kappa shape index (κ2) is 5.85. The Hall–Kier alpha value is -0.880. The summed E-state index contributed by atoms with van der Waals surface area (Å²) >= 11 is 6.02. The van der Waals surface area contributed by atoms with Crippen molar-refractivity contribution in [2.75, 3.05) is 13.1 Å². The summed E-state index contributed by atoms with van der Waals surface area (Å²) in [6.07, 6.45) is 2.82. The van der Waals surface area contributed by atoms with Crippen LogP contribution in [0.5, 0.6) is 0 Å². The van der Waals surface area contributed by atoms with Crippen LogP contribution in [-0.4, -0.2) is 25.8 Å². The third-order valence-electron chi connectivity index (χ3n) is 3.57. The number of rotatable bonds is 3. The van der Waals surface area contributed by atoms with Crippen molar-refractivity contribution in [1.29, 1.82) is 0 Å². The highest BCUT2D eigenvalue weighted by atomic mass is 35.5. The first-order chi connectivity index (χ1) is 9.36. The number of nitrogens with two attached hydrogens (primary N) is 1. The molecule has 1 aromatic carbocycles. The van der Waals surface area contributed by atoms with E-state index < -0.39 is 10.0 Å². The van der Waals surface area contributed by atoms with E-state index in [1.54, 1.807) is 13.0 Å². The Bertz CT molecular complexity index is 653. The highest BCUT2D eigenvalue weighted by molar-refractivity contribution is 7.89. The lowest BCUT2D eigenvalue weighted by molar-refractivity contribution is 0.427. The molecule has 0 aliphatic carbocycles. The van der Waals surface area contributed by atoms with Gasteiger partial charge in [0.25, 0.3) is 0 Å². The summed E-state index contributed by atoms with van der Waals surface area (Å²) in [5.41, 5.74) is 8.17. The largest absolute Gasteiger partial charge is 0.326 e. The van der Waals surface area contributed by atoms with Gasteiger partial charge in [0.1, 0.15) is 0 Å². The van der Waals surface area contributed by atoms with Crippen LogP contribution in [-0.2, 0) is 16.6 Å². The average Bonchev–Trinajstić information content (AvgIpc) is 2.40. The molecule has 0 radical (unpaired) electrons. The quantitative estimate of drug-likeness (QED) is 0.872. The molecular weight excluding hydrogens is 296 g/mol. The maximum Gasteiger partial charge on any atom is 0.243 e. The van der Waals surface area contributed by atoms with Crippen molar-refractivity contribution in [2.24, 2.45) is 5.73 Å². The summed E-state index contributed by atoms with van der Waals surface area (Å²) in [5.74, 6) is 0. The van der Waals surface area contributed by atoms with E-state index >= 15 is 0 Å². The molecule has 20 heavy (non-hydrogen) atoms. The fourth-order valence-electron chi connectivity index (χ4n) is 2.41. The van der Waals surface area contributed by atoms with Crippen LogP contribution >= 0.6 is 11.6 Å². The molecule has 110 valence electrons. The highest BCUT2D eigenvalue weighted by Gasteiger charge is 2.28. The molecule has 0 saturated heterocycles. The van der Waals surface area contributed by atoms with E-state index in [0.717, 1.165) is 17.6 Å². The van der Waals surface area contributed by atoms with Crippen molar-refractivity contribution >= 4 is 21.6 Å². The normalized spacial score (nSPS) is 17.1. The minimum Gasteiger partial charge on any atom is -0.326 e. The van der Waals surface area contributed by atoms with E-state index in [9.17, 15) is 8.42 Å². The number of nitrogens with zero attached hydrogens (tertiary/aromatic N) is 1. The molecule has 0 bridgehead atoms. The topological polar surface area (TPSA) is 63.4 Å². The number of hydrogen-bond donors (Lipinski definition) is 1. The molecule has 1 aromatic rings. The van der Waals surface area contributed by atoms with Crippen LogP contribution in [0.4, 0.5) is 0 Å². The van der Waals surface area contributed by atoms with Crippen molar-refractivity contribution in [2.45, 2.75) is 31.7 Å². The predicted molar refractivity (Wildman–Crippen MR) is 81.2 cm³/mol. The molecule has 2 rings (SSSR count). The van der Waals surface area contributed by atoms with E-state index in [1.165, 1.54) is 10.4 Å². The molecule has 1 heterocycles. The van der Waals surface area contributed by atoms with Gasteiger partial charge in [0, 0.05) is 24.7 Å². The van der Waals surface area contributed by atoms with Gasteiger partial charge in [0.2, 0.25) is 10.0 Å². The zero-order valence-electron chi connectivity index (χ0n) is 11.7. The molecule has 1 aliphatic heterocycles. The van der Waals surface area contributed by atoms with Crippen molar-refractivity contribution in [3.05, 3.63) is 39.9 Å². The van der Waals surface area contributed by atoms with Crippen molar-refractivity contribution in [1.82, 2.24) is 4.31 Å². The van der Waals surface area contributed by atoms with Gasteiger partial charge in [0.15, 0.2) is 0 Å². The van der Waals surface area contributed by atoms with Crippen molar-refractivity contribution in [3.63, 3.8) is 0 Å². The molecule has 0 unspecified atom stereocenters. The zero-order valence-corrected chi connectivity index (χ0v) is 13.3. The lowest BCUT2D eigenvalue weighted by Gasteiger charge is -2.26. The summed E-state index contributed by atoms with van der Waals surface area (Å²) in [4.78, 5) is 0.264. The number of benzene rings is 1. The van der Waals surface area contributed by atoms with Crippen LogP contribution in [0.15, 0.2) is 28.7 Å². The van der Waals surface area contributed by atoms with Gasteiger partial charge < -0.3 is 5.73 Å². The molecular formula is C14H19ClN2O2S. The van der Waals surface area contributed by atoms with Crippen LogP contribution in [0.3, 0.4) is 0 Å². The van der Waals surface area contributed by atoms with Gasteiger partial charge in [-0.1, -0.05) is 23.3 Å². The van der Waals surface area contributed by atoms with E-state index in [-0.39, 0.29) is 11.4 Å². The maximum absolute atomic E-state index is 12.8. The SMILES string of the molecule is CC1=CCCN(S(=O)(=O)c2cc(Cl)cc(CN)c2C)C1. The Morgan fingerprint density at radius 1 is 1.35 bits per heavy atom. The second-order valence-electron chi connectivity index (χ2n) is 5.07. The average molecular weight is 315 g/mol. The second-order valence-corrected chi connectivity index (χ2v) is 7.41. The van der Waals surface area contributed by atoms with Gasteiger partial charge in [-0.25, -0.2) is 8.42 Å². The monoisotopic (exact) mass is 314 g/mol. The van der Waals surface area contributed by atoms with Crippen LogP contribution in [0.25, 0.3) is 0 Å². The summed E-state index contributed by atoms with van der Waals surface area (Å²) < 4.78 is 27.0. The van der Waals surface area contributed by atoms with Crippen molar-refractivity contribution in [3.8, 4) is 0 Å². The third-order valence-corrected chi connectivity index (χ3v) is 5.76. The predicted octanol–water partition coefficient (Wildman–Crippen LogP) is 2.45. The van der Waals surface area contributed by atoms with E-state index in [1.807, 2.05) is 6.92 Å². The van der Waals surface area contributed by atoms with Gasteiger partial charge in [0.05, 0.1) is 4.90 Å². The minimum atomic E-state index is -3.53. The Labute approximate surface area is 125 Å². The molecule has 0 amide bonds. The van der Waals surface area contributed by atoms with Crippen LogP contribution in [0.2, 0.25) is 5.02 Å². The molecule has 1 aliphatic rings. The number of sulfonamides is 1. The minimum absolute atomic E-state index is 0.264.